The third-order valence-corrected chi connectivity index (χ3v) is 3.33. The van der Waals surface area contributed by atoms with Gasteiger partial charge in [0.2, 0.25) is 5.91 Å². The first-order chi connectivity index (χ1) is 8.08. The fraction of sp³-hybridized carbons (Fsp3) is 0.357. The molecule has 0 radical (unpaired) electrons. The first-order valence-electron chi connectivity index (χ1n) is 5.75. The maximum absolute atomic E-state index is 11.8. The largest absolute Gasteiger partial charge is 0.351 e. The van der Waals surface area contributed by atoms with Gasteiger partial charge in [0, 0.05) is 16.9 Å². The minimum Gasteiger partial charge on any atom is -0.351 e. The Balaban J connectivity index is 1.92. The molecule has 2 nitrogen and oxygen atoms in total. The molecule has 0 spiro atoms. The van der Waals surface area contributed by atoms with Crippen molar-refractivity contribution in [3.05, 3.63) is 46.5 Å². The standard InChI is InChI=1S/C14H16BrNO/c1-9-4-3-5-11(6-9)12-7-13(12)14(17)16-8-10(2)15/h3-6,12-13H,2,7-8H2,1H3,(H,16,17)/t12-,13+/m0/s1. The molecule has 1 aromatic rings. The van der Waals surface area contributed by atoms with Gasteiger partial charge in [-0.3, -0.25) is 4.79 Å². The summed E-state index contributed by atoms with van der Waals surface area (Å²) in [5.74, 6) is 0.680. The highest BCUT2D eigenvalue weighted by atomic mass is 79.9. The molecule has 0 aliphatic heterocycles. The van der Waals surface area contributed by atoms with Crippen LogP contribution >= 0.6 is 15.9 Å². The van der Waals surface area contributed by atoms with Gasteiger partial charge in [0.1, 0.15) is 0 Å². The minimum atomic E-state index is 0.136. The van der Waals surface area contributed by atoms with Crippen LogP contribution in [0.2, 0.25) is 0 Å². The second-order valence-electron chi connectivity index (χ2n) is 4.60. The highest BCUT2D eigenvalue weighted by Gasteiger charge is 2.43. The van der Waals surface area contributed by atoms with Crippen LogP contribution in [0.3, 0.4) is 0 Å². The molecule has 0 saturated heterocycles. The predicted molar refractivity (Wildman–Crippen MR) is 73.1 cm³/mol. The zero-order valence-electron chi connectivity index (χ0n) is 9.87. The number of halogens is 1. The van der Waals surface area contributed by atoms with Gasteiger partial charge in [-0.2, -0.15) is 0 Å². The van der Waals surface area contributed by atoms with E-state index in [0.717, 1.165) is 10.9 Å². The van der Waals surface area contributed by atoms with E-state index in [1.165, 1.54) is 11.1 Å². The van der Waals surface area contributed by atoms with E-state index < -0.39 is 0 Å². The van der Waals surface area contributed by atoms with Crippen LogP contribution in [-0.2, 0) is 4.79 Å². The minimum absolute atomic E-state index is 0.136. The van der Waals surface area contributed by atoms with E-state index in [4.69, 9.17) is 0 Å². The molecule has 90 valence electrons. The lowest BCUT2D eigenvalue weighted by Gasteiger charge is -2.04. The molecule has 0 unspecified atom stereocenters. The van der Waals surface area contributed by atoms with E-state index in [2.05, 4.69) is 59.0 Å². The Morgan fingerprint density at radius 2 is 2.35 bits per heavy atom. The van der Waals surface area contributed by atoms with Gasteiger partial charge < -0.3 is 5.32 Å². The summed E-state index contributed by atoms with van der Waals surface area (Å²) >= 11 is 3.23. The average molecular weight is 294 g/mol. The van der Waals surface area contributed by atoms with Crippen molar-refractivity contribution >= 4 is 21.8 Å². The van der Waals surface area contributed by atoms with Crippen LogP contribution in [0, 0.1) is 12.8 Å². The van der Waals surface area contributed by atoms with E-state index in [-0.39, 0.29) is 11.8 Å². The zero-order valence-corrected chi connectivity index (χ0v) is 11.5. The lowest BCUT2D eigenvalue weighted by Crippen LogP contribution is -2.26. The fourth-order valence-corrected chi connectivity index (χ4v) is 2.21. The van der Waals surface area contributed by atoms with Gasteiger partial charge >= 0.3 is 0 Å². The first-order valence-corrected chi connectivity index (χ1v) is 6.55. The SMILES string of the molecule is C=C(Br)CNC(=O)[C@@H]1C[C@H]1c1cccc(C)c1. The summed E-state index contributed by atoms with van der Waals surface area (Å²) in [4.78, 5) is 11.8. The third kappa shape index (κ3) is 3.19. The summed E-state index contributed by atoms with van der Waals surface area (Å²) < 4.78 is 0.804. The van der Waals surface area contributed by atoms with Crippen molar-refractivity contribution in [2.24, 2.45) is 5.92 Å². The summed E-state index contributed by atoms with van der Waals surface area (Å²) in [6, 6.07) is 8.41. The number of rotatable bonds is 4. The number of nitrogens with one attached hydrogen (secondary N) is 1. The quantitative estimate of drug-likeness (QED) is 0.908. The van der Waals surface area contributed by atoms with Crippen LogP contribution < -0.4 is 5.32 Å². The maximum atomic E-state index is 11.8. The molecule has 3 heteroatoms. The van der Waals surface area contributed by atoms with Gasteiger partial charge in [-0.1, -0.05) is 52.3 Å². The summed E-state index contributed by atoms with van der Waals surface area (Å²) in [5.41, 5.74) is 2.53. The van der Waals surface area contributed by atoms with Gasteiger partial charge in [-0.05, 0) is 24.8 Å². The third-order valence-electron chi connectivity index (χ3n) is 3.05. The lowest BCUT2D eigenvalue weighted by atomic mass is 10.1. The Kier molecular flexibility index (Phi) is 3.67. The van der Waals surface area contributed by atoms with Crippen LogP contribution in [0.4, 0.5) is 0 Å². The number of carbonyl (C=O) groups excluding carboxylic acids is 1. The molecule has 1 aliphatic carbocycles. The number of amides is 1. The van der Waals surface area contributed by atoms with Crippen molar-refractivity contribution in [2.45, 2.75) is 19.3 Å². The van der Waals surface area contributed by atoms with Crippen LogP contribution in [0.5, 0.6) is 0 Å². The Labute approximate surface area is 110 Å². The molecule has 1 saturated carbocycles. The highest BCUT2D eigenvalue weighted by Crippen LogP contribution is 2.47. The summed E-state index contributed by atoms with van der Waals surface area (Å²) in [6.07, 6.45) is 0.962. The Hall–Kier alpha value is -1.09. The molecule has 2 atom stereocenters. The first kappa shape index (κ1) is 12.4. The predicted octanol–water partition coefficient (Wildman–Crippen LogP) is 3.12. The van der Waals surface area contributed by atoms with Crippen molar-refractivity contribution < 1.29 is 4.79 Å². The molecule has 1 aliphatic rings. The van der Waals surface area contributed by atoms with E-state index in [1.807, 2.05) is 0 Å². The van der Waals surface area contributed by atoms with Gasteiger partial charge in [0.25, 0.3) is 0 Å². The normalized spacial score (nSPS) is 22.0. The smallest absolute Gasteiger partial charge is 0.224 e. The molecule has 1 amide bonds. The Morgan fingerprint density at radius 3 is 3.00 bits per heavy atom. The number of hydrogen-bond donors (Lipinski definition) is 1. The molecule has 0 bridgehead atoms. The number of benzene rings is 1. The second-order valence-corrected chi connectivity index (χ2v) is 5.72. The molecule has 0 heterocycles. The van der Waals surface area contributed by atoms with E-state index in [1.54, 1.807) is 0 Å². The molecule has 1 fully saturated rings. The molecule has 1 N–H and O–H groups in total. The fourth-order valence-electron chi connectivity index (χ4n) is 2.07. The van der Waals surface area contributed by atoms with Gasteiger partial charge in [0.05, 0.1) is 0 Å². The maximum Gasteiger partial charge on any atom is 0.224 e. The van der Waals surface area contributed by atoms with Crippen molar-refractivity contribution in [3.8, 4) is 0 Å². The second kappa shape index (κ2) is 5.05. The molecule has 17 heavy (non-hydrogen) atoms. The van der Waals surface area contributed by atoms with Gasteiger partial charge in [-0.15, -0.1) is 0 Å². The van der Waals surface area contributed by atoms with Crippen molar-refractivity contribution in [2.75, 3.05) is 6.54 Å². The zero-order chi connectivity index (χ0) is 12.4. The summed E-state index contributed by atoms with van der Waals surface area (Å²) in [7, 11) is 0. The molecule has 0 aromatic heterocycles. The molecular weight excluding hydrogens is 278 g/mol. The van der Waals surface area contributed by atoms with Gasteiger partial charge in [-0.25, -0.2) is 0 Å². The lowest BCUT2D eigenvalue weighted by molar-refractivity contribution is -0.122. The van der Waals surface area contributed by atoms with E-state index in [9.17, 15) is 4.79 Å². The van der Waals surface area contributed by atoms with Crippen LogP contribution in [0.1, 0.15) is 23.5 Å². The molecule has 2 rings (SSSR count). The van der Waals surface area contributed by atoms with E-state index >= 15 is 0 Å². The van der Waals surface area contributed by atoms with Crippen molar-refractivity contribution in [1.82, 2.24) is 5.32 Å². The average Bonchev–Trinajstić information content (AvgIpc) is 3.05. The van der Waals surface area contributed by atoms with Crippen LogP contribution in [0.25, 0.3) is 0 Å². The topological polar surface area (TPSA) is 29.1 Å². The van der Waals surface area contributed by atoms with E-state index in [0.29, 0.717) is 12.5 Å². The Bertz CT molecular complexity index is 455. The molecular formula is C14H16BrNO. The van der Waals surface area contributed by atoms with Crippen molar-refractivity contribution in [1.29, 1.82) is 0 Å². The summed E-state index contributed by atoms with van der Waals surface area (Å²) in [6.45, 7) is 6.29. The number of hydrogen-bond acceptors (Lipinski definition) is 1. The highest BCUT2D eigenvalue weighted by molar-refractivity contribution is 9.11. The van der Waals surface area contributed by atoms with Crippen molar-refractivity contribution in [3.63, 3.8) is 0 Å². The monoisotopic (exact) mass is 293 g/mol. The van der Waals surface area contributed by atoms with Crippen LogP contribution in [0.15, 0.2) is 35.3 Å². The molecule has 1 aromatic carbocycles. The van der Waals surface area contributed by atoms with Gasteiger partial charge in [0.15, 0.2) is 0 Å². The summed E-state index contributed by atoms with van der Waals surface area (Å²) in [5, 5.41) is 2.87. The number of carbonyl (C=O) groups is 1. The van der Waals surface area contributed by atoms with Crippen LogP contribution in [-0.4, -0.2) is 12.5 Å². The number of aryl methyl sites for hydroxylation is 1. The Morgan fingerprint density at radius 1 is 1.59 bits per heavy atom.